The first-order valence-electron chi connectivity index (χ1n) is 4.05. The van der Waals surface area contributed by atoms with Gasteiger partial charge in [-0.25, -0.2) is 0 Å². The minimum Gasteiger partial charge on any atom is -0.432 e. The number of benzene rings is 1. The van der Waals surface area contributed by atoms with Crippen LogP contribution in [0.1, 0.15) is 5.76 Å². The van der Waals surface area contributed by atoms with Crippen LogP contribution in [0.25, 0.3) is 11.3 Å². The summed E-state index contributed by atoms with van der Waals surface area (Å²) in [6, 6.07) is 7.37. The molecule has 4 heteroatoms. The molecule has 0 aliphatic rings. The second-order valence-corrected chi connectivity index (χ2v) is 3.64. The van der Waals surface area contributed by atoms with Gasteiger partial charge < -0.3 is 4.42 Å². The number of halogens is 2. The van der Waals surface area contributed by atoms with Gasteiger partial charge in [-0.15, -0.1) is 0 Å². The van der Waals surface area contributed by atoms with Crippen LogP contribution in [-0.4, -0.2) is 4.98 Å². The standard InChI is InChI=1S/C10H7Cl2NO/c1-6-9(13-10(12)14-6)7-2-4-8(11)5-3-7/h2-5H,1H3. The summed E-state index contributed by atoms with van der Waals surface area (Å²) < 4.78 is 5.12. The first-order valence-corrected chi connectivity index (χ1v) is 4.81. The number of aryl methyl sites for hydroxylation is 1. The molecule has 0 unspecified atom stereocenters. The maximum absolute atomic E-state index is 5.77. The molecule has 0 N–H and O–H groups in total. The van der Waals surface area contributed by atoms with Gasteiger partial charge in [0.2, 0.25) is 0 Å². The van der Waals surface area contributed by atoms with Crippen molar-refractivity contribution in [2.75, 3.05) is 0 Å². The van der Waals surface area contributed by atoms with Gasteiger partial charge >= 0.3 is 0 Å². The van der Waals surface area contributed by atoms with Crippen LogP contribution < -0.4 is 0 Å². The lowest BCUT2D eigenvalue weighted by molar-refractivity contribution is 0.530. The first-order chi connectivity index (χ1) is 6.66. The van der Waals surface area contributed by atoms with Gasteiger partial charge in [-0.2, -0.15) is 4.98 Å². The van der Waals surface area contributed by atoms with Crippen LogP contribution in [-0.2, 0) is 0 Å². The largest absolute Gasteiger partial charge is 0.432 e. The Hall–Kier alpha value is -0.990. The molecule has 2 nitrogen and oxygen atoms in total. The molecule has 1 aromatic carbocycles. The van der Waals surface area contributed by atoms with Gasteiger partial charge in [-0.05, 0) is 30.7 Å². The predicted molar refractivity (Wildman–Crippen MR) is 56.7 cm³/mol. The molecule has 0 amide bonds. The van der Waals surface area contributed by atoms with Crippen molar-refractivity contribution in [1.29, 1.82) is 0 Å². The van der Waals surface area contributed by atoms with Crippen LogP contribution in [0.2, 0.25) is 10.4 Å². The maximum atomic E-state index is 5.77. The number of nitrogens with zero attached hydrogens (tertiary/aromatic N) is 1. The van der Waals surface area contributed by atoms with Crippen LogP contribution in [0.3, 0.4) is 0 Å². The third kappa shape index (κ3) is 1.76. The monoisotopic (exact) mass is 227 g/mol. The molecule has 0 aliphatic heterocycles. The van der Waals surface area contributed by atoms with Crippen LogP contribution >= 0.6 is 23.2 Å². The second kappa shape index (κ2) is 3.64. The van der Waals surface area contributed by atoms with Gasteiger partial charge in [0.1, 0.15) is 11.5 Å². The normalized spacial score (nSPS) is 10.5. The Morgan fingerprint density at radius 2 is 1.79 bits per heavy atom. The number of hydrogen-bond acceptors (Lipinski definition) is 2. The summed E-state index contributed by atoms with van der Waals surface area (Å²) in [5.74, 6) is 0.706. The molecule has 0 bridgehead atoms. The van der Waals surface area contributed by atoms with E-state index in [1.54, 1.807) is 12.1 Å². The molecule has 0 fully saturated rings. The average Bonchev–Trinajstić information content (AvgIpc) is 2.47. The lowest BCUT2D eigenvalue weighted by Gasteiger charge is -1.96. The van der Waals surface area contributed by atoms with Crippen molar-refractivity contribution in [3.8, 4) is 11.3 Å². The van der Waals surface area contributed by atoms with Crippen molar-refractivity contribution in [2.45, 2.75) is 6.92 Å². The van der Waals surface area contributed by atoms with Crippen molar-refractivity contribution in [3.63, 3.8) is 0 Å². The fourth-order valence-corrected chi connectivity index (χ4v) is 1.57. The van der Waals surface area contributed by atoms with Crippen molar-refractivity contribution in [1.82, 2.24) is 4.98 Å². The van der Waals surface area contributed by atoms with Crippen molar-refractivity contribution >= 4 is 23.2 Å². The minimum atomic E-state index is 0.160. The van der Waals surface area contributed by atoms with E-state index in [2.05, 4.69) is 4.98 Å². The number of oxazole rings is 1. The molecule has 2 rings (SSSR count). The van der Waals surface area contributed by atoms with Crippen LogP contribution in [0.4, 0.5) is 0 Å². The van der Waals surface area contributed by atoms with Crippen molar-refractivity contribution in [2.24, 2.45) is 0 Å². The topological polar surface area (TPSA) is 26.0 Å². The van der Waals surface area contributed by atoms with E-state index in [4.69, 9.17) is 27.6 Å². The zero-order chi connectivity index (χ0) is 10.1. The molecule has 1 aromatic heterocycles. The summed E-state index contributed by atoms with van der Waals surface area (Å²) in [5.41, 5.74) is 1.70. The Labute approximate surface area is 91.5 Å². The Bertz CT molecular complexity index is 448. The zero-order valence-electron chi connectivity index (χ0n) is 7.42. The van der Waals surface area contributed by atoms with Crippen LogP contribution in [0.15, 0.2) is 28.7 Å². The predicted octanol–water partition coefficient (Wildman–Crippen LogP) is 3.96. The summed E-state index contributed by atoms with van der Waals surface area (Å²) in [6.07, 6.45) is 0. The molecule has 0 saturated heterocycles. The summed E-state index contributed by atoms with van der Waals surface area (Å²) in [7, 11) is 0. The average molecular weight is 228 g/mol. The highest BCUT2D eigenvalue weighted by Gasteiger charge is 2.09. The maximum Gasteiger partial charge on any atom is 0.292 e. The van der Waals surface area contributed by atoms with Crippen LogP contribution in [0.5, 0.6) is 0 Å². The third-order valence-electron chi connectivity index (χ3n) is 1.89. The Morgan fingerprint density at radius 3 is 2.29 bits per heavy atom. The molecule has 0 spiro atoms. The molecule has 1 heterocycles. The van der Waals surface area contributed by atoms with Gasteiger partial charge in [0.15, 0.2) is 0 Å². The van der Waals surface area contributed by atoms with Gasteiger partial charge in [-0.1, -0.05) is 23.7 Å². The third-order valence-corrected chi connectivity index (χ3v) is 2.30. The molecule has 0 radical (unpaired) electrons. The van der Waals surface area contributed by atoms with E-state index in [9.17, 15) is 0 Å². The second-order valence-electron chi connectivity index (χ2n) is 2.88. The van der Waals surface area contributed by atoms with Crippen molar-refractivity contribution < 1.29 is 4.42 Å². The summed E-state index contributed by atoms with van der Waals surface area (Å²) >= 11 is 11.4. The highest BCUT2D eigenvalue weighted by atomic mass is 35.5. The van der Waals surface area contributed by atoms with Gasteiger partial charge in [0, 0.05) is 10.6 Å². The fourth-order valence-electron chi connectivity index (χ4n) is 1.24. The quantitative estimate of drug-likeness (QED) is 0.738. The minimum absolute atomic E-state index is 0.160. The van der Waals surface area contributed by atoms with Gasteiger partial charge in [0.25, 0.3) is 5.35 Å². The van der Waals surface area contributed by atoms with E-state index < -0.39 is 0 Å². The van der Waals surface area contributed by atoms with E-state index in [1.807, 2.05) is 19.1 Å². The fraction of sp³-hybridized carbons (Fsp3) is 0.100. The molecular formula is C10H7Cl2NO. The number of aromatic nitrogens is 1. The molecule has 2 aromatic rings. The van der Waals surface area contributed by atoms with Crippen molar-refractivity contribution in [3.05, 3.63) is 40.4 Å². The number of hydrogen-bond donors (Lipinski definition) is 0. The summed E-state index contributed by atoms with van der Waals surface area (Å²) in [5, 5.41) is 0.855. The van der Waals surface area contributed by atoms with E-state index in [1.165, 1.54) is 0 Å². The van der Waals surface area contributed by atoms with E-state index in [0.29, 0.717) is 10.8 Å². The number of rotatable bonds is 1. The summed E-state index contributed by atoms with van der Waals surface area (Å²) in [4.78, 5) is 4.07. The molecule has 0 saturated carbocycles. The molecule has 0 atom stereocenters. The molecule has 0 aliphatic carbocycles. The van der Waals surface area contributed by atoms with E-state index >= 15 is 0 Å². The lowest BCUT2D eigenvalue weighted by atomic mass is 10.1. The molecule has 72 valence electrons. The highest BCUT2D eigenvalue weighted by molar-refractivity contribution is 6.30. The highest BCUT2D eigenvalue weighted by Crippen LogP contribution is 2.26. The Kier molecular flexibility index (Phi) is 2.48. The summed E-state index contributed by atoms with van der Waals surface area (Å²) in [6.45, 7) is 1.82. The van der Waals surface area contributed by atoms with E-state index in [-0.39, 0.29) is 5.35 Å². The van der Waals surface area contributed by atoms with Gasteiger partial charge in [-0.3, -0.25) is 0 Å². The van der Waals surface area contributed by atoms with Gasteiger partial charge in [0.05, 0.1) is 0 Å². The smallest absolute Gasteiger partial charge is 0.292 e. The zero-order valence-corrected chi connectivity index (χ0v) is 8.93. The molecular weight excluding hydrogens is 221 g/mol. The SMILES string of the molecule is Cc1oc(Cl)nc1-c1ccc(Cl)cc1. The Morgan fingerprint density at radius 1 is 1.14 bits per heavy atom. The Balaban J connectivity index is 2.49. The van der Waals surface area contributed by atoms with E-state index in [0.717, 1.165) is 11.3 Å². The lowest BCUT2D eigenvalue weighted by Crippen LogP contribution is -1.79. The first kappa shape index (κ1) is 9.56. The molecule has 14 heavy (non-hydrogen) atoms. The van der Waals surface area contributed by atoms with Crippen LogP contribution in [0, 0.1) is 6.92 Å².